The van der Waals surface area contributed by atoms with Crippen molar-refractivity contribution in [2.75, 3.05) is 31.2 Å². The van der Waals surface area contributed by atoms with Crippen LogP contribution in [0.1, 0.15) is 31.3 Å². The molecule has 0 bridgehead atoms. The summed E-state index contributed by atoms with van der Waals surface area (Å²) in [4.78, 5) is 16.8. The van der Waals surface area contributed by atoms with Crippen LogP contribution in [0.3, 0.4) is 0 Å². The highest BCUT2D eigenvalue weighted by Crippen LogP contribution is 2.31. The number of hydrogen-bond donors (Lipinski definition) is 3. The highest BCUT2D eigenvalue weighted by atomic mass is 16.5. The number of ether oxygens (including phenoxy) is 1. The van der Waals surface area contributed by atoms with Crippen molar-refractivity contribution >= 4 is 22.7 Å². The Labute approximate surface area is 186 Å². The molecule has 1 saturated heterocycles. The number of nitrogens with one attached hydrogen (secondary N) is 2. The lowest BCUT2D eigenvalue weighted by Crippen LogP contribution is -2.37. The third kappa shape index (κ3) is 3.69. The van der Waals surface area contributed by atoms with Gasteiger partial charge in [0.05, 0.1) is 18.9 Å². The van der Waals surface area contributed by atoms with E-state index in [0.717, 1.165) is 46.9 Å². The molecule has 1 atom stereocenters. The molecule has 2 aliphatic heterocycles. The summed E-state index contributed by atoms with van der Waals surface area (Å²) in [5.74, 6) is 2.02. The van der Waals surface area contributed by atoms with Gasteiger partial charge in [-0.05, 0) is 32.1 Å². The van der Waals surface area contributed by atoms with Crippen LogP contribution in [0, 0.1) is 0 Å². The molecule has 2 aliphatic rings. The lowest BCUT2D eigenvalue weighted by atomic mass is 10.1. The zero-order valence-corrected chi connectivity index (χ0v) is 18.2. The molecule has 1 fully saturated rings. The Morgan fingerprint density at radius 1 is 1.16 bits per heavy atom. The average Bonchev–Trinajstić information content (AvgIpc) is 3.23. The summed E-state index contributed by atoms with van der Waals surface area (Å²) in [6, 6.07) is 8.15. The smallest absolute Gasteiger partial charge is 0.166 e. The molecular weight excluding hydrogens is 406 g/mol. The van der Waals surface area contributed by atoms with Gasteiger partial charge in [0.25, 0.3) is 0 Å². The van der Waals surface area contributed by atoms with Crippen molar-refractivity contribution in [3.8, 4) is 11.4 Å². The van der Waals surface area contributed by atoms with Crippen LogP contribution in [0.2, 0.25) is 0 Å². The van der Waals surface area contributed by atoms with E-state index >= 15 is 0 Å². The molecule has 0 saturated carbocycles. The minimum absolute atomic E-state index is 0.603. The van der Waals surface area contributed by atoms with Crippen molar-refractivity contribution in [2.24, 2.45) is 0 Å². The largest absolute Gasteiger partial charge is 0.385 e. The molecule has 0 amide bonds. The van der Waals surface area contributed by atoms with E-state index < -0.39 is 6.10 Å². The molecule has 166 valence electrons. The van der Waals surface area contributed by atoms with Crippen molar-refractivity contribution < 1.29 is 9.84 Å². The number of anilines is 1. The molecule has 2 aromatic heterocycles. The number of hydrogen-bond acceptors (Lipinski definition) is 8. The van der Waals surface area contributed by atoms with Crippen LogP contribution >= 0.6 is 0 Å². The number of aryl methyl sites for hydroxylation is 1. The Morgan fingerprint density at radius 2 is 1.97 bits per heavy atom. The lowest BCUT2D eigenvalue weighted by Gasteiger charge is -2.28. The molecule has 3 aromatic rings. The molecule has 3 N–H and O–H groups in total. The van der Waals surface area contributed by atoms with E-state index in [1.54, 1.807) is 6.92 Å². The second kappa shape index (κ2) is 8.60. The fourth-order valence-electron chi connectivity index (χ4n) is 4.11. The maximum absolute atomic E-state index is 10.3. The van der Waals surface area contributed by atoms with Crippen LogP contribution in [-0.4, -0.2) is 50.9 Å². The van der Waals surface area contributed by atoms with Crippen molar-refractivity contribution in [2.45, 2.75) is 26.5 Å². The number of nitrogens with zero attached hydrogens (tertiary/aromatic N) is 5. The van der Waals surface area contributed by atoms with E-state index in [2.05, 4.69) is 21.8 Å². The monoisotopic (exact) mass is 433 g/mol. The van der Waals surface area contributed by atoms with Gasteiger partial charge in [0.15, 0.2) is 22.8 Å². The molecule has 4 heterocycles. The average molecular weight is 434 g/mol. The van der Waals surface area contributed by atoms with E-state index in [9.17, 15) is 5.11 Å². The van der Waals surface area contributed by atoms with Crippen molar-refractivity contribution in [3.05, 3.63) is 54.0 Å². The van der Waals surface area contributed by atoms with Crippen molar-refractivity contribution in [3.63, 3.8) is 0 Å². The van der Waals surface area contributed by atoms with E-state index in [1.807, 2.05) is 48.0 Å². The van der Waals surface area contributed by atoms with E-state index in [4.69, 9.17) is 19.7 Å². The number of hydrazine groups is 1. The number of aliphatic hydroxyl groups is 1. The zero-order chi connectivity index (χ0) is 22.1. The first-order valence-corrected chi connectivity index (χ1v) is 10.9. The second-order valence-electron chi connectivity index (χ2n) is 7.82. The van der Waals surface area contributed by atoms with Crippen LogP contribution in [0.5, 0.6) is 0 Å². The summed E-state index contributed by atoms with van der Waals surface area (Å²) in [7, 11) is 0. The van der Waals surface area contributed by atoms with Gasteiger partial charge >= 0.3 is 0 Å². The summed E-state index contributed by atoms with van der Waals surface area (Å²) >= 11 is 0. The van der Waals surface area contributed by atoms with Gasteiger partial charge in [0.1, 0.15) is 11.9 Å². The normalized spacial score (nSPS) is 17.1. The number of benzene rings is 1. The fourth-order valence-corrected chi connectivity index (χ4v) is 4.11. The van der Waals surface area contributed by atoms with Gasteiger partial charge in [0.2, 0.25) is 0 Å². The van der Waals surface area contributed by atoms with Crippen LogP contribution in [0.4, 0.5) is 5.82 Å². The van der Waals surface area contributed by atoms with Crippen LogP contribution in [0.25, 0.3) is 28.2 Å². The SMILES string of the molecule is CCn1c(C(C)O)nc2c(N3CCOCC3)nc(-c3cccc(C4=CC=CNN4)c3)nc21. The molecule has 9 heteroatoms. The van der Waals surface area contributed by atoms with Gasteiger partial charge in [-0.2, -0.15) is 0 Å². The molecule has 0 radical (unpaired) electrons. The first-order valence-electron chi connectivity index (χ1n) is 10.9. The third-order valence-electron chi connectivity index (χ3n) is 5.69. The first-order chi connectivity index (χ1) is 15.7. The zero-order valence-electron chi connectivity index (χ0n) is 18.2. The lowest BCUT2D eigenvalue weighted by molar-refractivity contribution is 0.122. The Morgan fingerprint density at radius 3 is 2.69 bits per heavy atom. The second-order valence-corrected chi connectivity index (χ2v) is 7.82. The molecule has 9 nitrogen and oxygen atoms in total. The summed E-state index contributed by atoms with van der Waals surface area (Å²) in [5, 5.41) is 10.3. The molecule has 1 unspecified atom stereocenters. The van der Waals surface area contributed by atoms with Gasteiger partial charge in [-0.25, -0.2) is 15.0 Å². The highest BCUT2D eigenvalue weighted by Gasteiger charge is 2.24. The van der Waals surface area contributed by atoms with Crippen LogP contribution in [-0.2, 0) is 11.3 Å². The minimum Gasteiger partial charge on any atom is -0.385 e. The van der Waals surface area contributed by atoms with E-state index in [-0.39, 0.29) is 0 Å². The van der Waals surface area contributed by atoms with Gasteiger partial charge < -0.3 is 30.2 Å². The molecule has 0 aliphatic carbocycles. The number of aliphatic hydroxyl groups excluding tert-OH is 1. The number of morpholine rings is 1. The maximum Gasteiger partial charge on any atom is 0.166 e. The van der Waals surface area contributed by atoms with Crippen LogP contribution < -0.4 is 15.8 Å². The topological polar surface area (TPSA) is 100 Å². The summed E-state index contributed by atoms with van der Waals surface area (Å²) in [5.41, 5.74) is 10.5. The molecular formula is C23H27N7O2. The Bertz CT molecular complexity index is 1190. The number of imidazole rings is 1. The number of aromatic nitrogens is 4. The van der Waals surface area contributed by atoms with Gasteiger partial charge in [-0.15, -0.1) is 0 Å². The van der Waals surface area contributed by atoms with E-state index in [1.165, 1.54) is 0 Å². The summed E-state index contributed by atoms with van der Waals surface area (Å²) in [6.07, 6.45) is 5.11. The Kier molecular flexibility index (Phi) is 5.50. The van der Waals surface area contributed by atoms with Crippen LogP contribution in [0.15, 0.2) is 42.6 Å². The first kappa shape index (κ1) is 20.5. The Balaban J connectivity index is 1.68. The number of rotatable bonds is 5. The standard InChI is InChI=1S/C23H27N7O2/c1-3-30-21(15(2)31)25-19-22(29-10-12-32-13-11-29)26-20(27-23(19)30)17-7-4-6-16(14-17)18-8-5-9-24-28-18/h4-9,14-15,24,28,31H,3,10-13H2,1-2H3. The minimum atomic E-state index is -0.696. The molecule has 5 rings (SSSR count). The van der Waals surface area contributed by atoms with Crippen molar-refractivity contribution in [1.29, 1.82) is 0 Å². The predicted molar refractivity (Wildman–Crippen MR) is 123 cm³/mol. The van der Waals surface area contributed by atoms with Gasteiger partial charge in [-0.1, -0.05) is 18.2 Å². The van der Waals surface area contributed by atoms with Gasteiger partial charge in [0, 0.05) is 37.0 Å². The number of allylic oxidation sites excluding steroid dienone is 2. The quantitative estimate of drug-likeness (QED) is 0.564. The summed E-state index contributed by atoms with van der Waals surface area (Å²) in [6.45, 7) is 7.19. The molecule has 1 aromatic carbocycles. The van der Waals surface area contributed by atoms with E-state index in [0.29, 0.717) is 31.4 Å². The Hall–Kier alpha value is -3.43. The number of fused-ring (bicyclic) bond motifs is 1. The summed E-state index contributed by atoms with van der Waals surface area (Å²) < 4.78 is 7.52. The van der Waals surface area contributed by atoms with Gasteiger partial charge in [-0.3, -0.25) is 0 Å². The third-order valence-corrected chi connectivity index (χ3v) is 5.69. The molecule has 0 spiro atoms. The van der Waals surface area contributed by atoms with Crippen molar-refractivity contribution in [1.82, 2.24) is 30.4 Å². The highest BCUT2D eigenvalue weighted by molar-refractivity contribution is 5.86. The predicted octanol–water partition coefficient (Wildman–Crippen LogP) is 2.37. The molecule has 32 heavy (non-hydrogen) atoms. The fraction of sp³-hybridized carbons (Fsp3) is 0.348. The maximum atomic E-state index is 10.3.